The molecular weight excluding hydrogens is 573 g/mol. The average Bonchev–Trinajstić information content (AvgIpc) is 3.04. The van der Waals surface area contributed by atoms with Crippen LogP contribution >= 0.6 is 0 Å². The molecule has 1 saturated heterocycles. The lowest BCUT2D eigenvalue weighted by atomic mass is 10.1. The molecule has 0 bridgehead atoms. The molecule has 2 heterocycles. The van der Waals surface area contributed by atoms with E-state index in [1.54, 1.807) is 25.3 Å². The summed E-state index contributed by atoms with van der Waals surface area (Å²) in [7, 11) is 3.23. The standard InChI is InChI=1S/C33H37F3N4O4/c1-38(17-20-43-2)32(42)30(24-39-18-21-44-22-19-39)40(23-26-6-11-27(12-7-26)29-5-3-4-16-37-29)31(41)15-10-25-8-13-28(14-9-25)33(34,35)36/h3-16,30H,17-24H2,1-2H3/b15-10+. The number of methoxy groups -OCH3 is 1. The summed E-state index contributed by atoms with van der Waals surface area (Å²) in [5.74, 6) is -0.680. The van der Waals surface area contributed by atoms with Gasteiger partial charge in [0.25, 0.3) is 0 Å². The van der Waals surface area contributed by atoms with Gasteiger partial charge in [0.15, 0.2) is 0 Å². The van der Waals surface area contributed by atoms with Gasteiger partial charge in [0.1, 0.15) is 6.04 Å². The molecule has 0 aliphatic carbocycles. The Balaban J connectivity index is 1.64. The van der Waals surface area contributed by atoms with Crippen molar-refractivity contribution < 1.29 is 32.2 Å². The van der Waals surface area contributed by atoms with E-state index in [0.717, 1.165) is 29.0 Å². The van der Waals surface area contributed by atoms with E-state index in [4.69, 9.17) is 9.47 Å². The second kappa shape index (κ2) is 15.6. The smallest absolute Gasteiger partial charge is 0.383 e. The quantitative estimate of drug-likeness (QED) is 0.279. The minimum absolute atomic E-state index is 0.136. The van der Waals surface area contributed by atoms with E-state index in [0.29, 0.717) is 51.6 Å². The van der Waals surface area contributed by atoms with Gasteiger partial charge >= 0.3 is 6.18 Å². The third-order valence-corrected chi connectivity index (χ3v) is 7.41. The molecule has 1 aliphatic rings. The van der Waals surface area contributed by atoms with E-state index in [1.165, 1.54) is 29.2 Å². The Morgan fingerprint density at radius 1 is 1.05 bits per heavy atom. The first-order valence-corrected chi connectivity index (χ1v) is 14.4. The zero-order chi connectivity index (χ0) is 31.5. The van der Waals surface area contributed by atoms with Crippen LogP contribution in [0.2, 0.25) is 0 Å². The van der Waals surface area contributed by atoms with E-state index in [9.17, 15) is 22.8 Å². The number of carbonyl (C=O) groups is 2. The number of ether oxygens (including phenoxy) is 2. The van der Waals surface area contributed by atoms with E-state index >= 15 is 0 Å². The highest BCUT2D eigenvalue weighted by atomic mass is 19.4. The number of nitrogens with zero attached hydrogens (tertiary/aromatic N) is 4. The first-order chi connectivity index (χ1) is 21.2. The molecule has 2 aromatic carbocycles. The van der Waals surface area contributed by atoms with Crippen LogP contribution < -0.4 is 0 Å². The van der Waals surface area contributed by atoms with Crippen LogP contribution in [0.4, 0.5) is 13.2 Å². The number of halogens is 3. The van der Waals surface area contributed by atoms with Gasteiger partial charge in [0.2, 0.25) is 11.8 Å². The highest BCUT2D eigenvalue weighted by molar-refractivity contribution is 5.95. The Labute approximate surface area is 255 Å². The minimum atomic E-state index is -4.46. The fourth-order valence-electron chi connectivity index (χ4n) is 4.83. The van der Waals surface area contributed by atoms with Gasteiger partial charge in [-0.3, -0.25) is 19.5 Å². The maximum Gasteiger partial charge on any atom is 0.416 e. The Morgan fingerprint density at radius 3 is 2.36 bits per heavy atom. The topological polar surface area (TPSA) is 75.2 Å². The fourth-order valence-corrected chi connectivity index (χ4v) is 4.83. The van der Waals surface area contributed by atoms with Crippen molar-refractivity contribution in [2.45, 2.75) is 18.8 Å². The van der Waals surface area contributed by atoms with Crippen LogP contribution in [0, 0.1) is 0 Å². The third kappa shape index (κ3) is 9.22. The van der Waals surface area contributed by atoms with Crippen molar-refractivity contribution in [3.05, 3.63) is 95.7 Å². The summed E-state index contributed by atoms with van der Waals surface area (Å²) < 4.78 is 49.8. The minimum Gasteiger partial charge on any atom is -0.383 e. The maximum atomic E-state index is 13.9. The van der Waals surface area contributed by atoms with Crippen LogP contribution in [-0.4, -0.2) is 97.7 Å². The summed E-state index contributed by atoms with van der Waals surface area (Å²) in [5.41, 5.74) is 2.19. The molecule has 0 spiro atoms. The number of likely N-dealkylation sites (N-methyl/N-ethyl adjacent to an activating group) is 1. The molecule has 1 aliphatic heterocycles. The van der Waals surface area contributed by atoms with Crippen molar-refractivity contribution in [1.82, 2.24) is 19.7 Å². The molecule has 0 saturated carbocycles. The number of amides is 2. The highest BCUT2D eigenvalue weighted by Crippen LogP contribution is 2.29. The van der Waals surface area contributed by atoms with E-state index < -0.39 is 23.7 Å². The van der Waals surface area contributed by atoms with E-state index in [2.05, 4.69) is 9.88 Å². The molecule has 4 rings (SSSR count). The van der Waals surface area contributed by atoms with Gasteiger partial charge in [-0.15, -0.1) is 0 Å². The van der Waals surface area contributed by atoms with Crippen LogP contribution in [0.3, 0.4) is 0 Å². The second-order valence-electron chi connectivity index (χ2n) is 10.5. The molecule has 1 fully saturated rings. The van der Waals surface area contributed by atoms with Crippen molar-refractivity contribution in [3.8, 4) is 11.3 Å². The van der Waals surface area contributed by atoms with Gasteiger partial charge in [-0.25, -0.2) is 0 Å². The van der Waals surface area contributed by atoms with E-state index in [-0.39, 0.29) is 12.5 Å². The number of morpholine rings is 1. The molecule has 8 nitrogen and oxygen atoms in total. The number of rotatable bonds is 12. The molecule has 0 radical (unpaired) electrons. The van der Waals surface area contributed by atoms with Crippen molar-refractivity contribution in [1.29, 1.82) is 0 Å². The Bertz CT molecular complexity index is 1380. The first kappa shape index (κ1) is 32.8. The van der Waals surface area contributed by atoms with Gasteiger partial charge in [0.05, 0.1) is 31.1 Å². The third-order valence-electron chi connectivity index (χ3n) is 7.41. The molecule has 2 amide bonds. The SMILES string of the molecule is COCCN(C)C(=O)C(CN1CCOCC1)N(Cc1ccc(-c2ccccn2)cc1)C(=O)/C=C/c1ccc(C(F)(F)F)cc1. The molecule has 1 unspecified atom stereocenters. The number of carbonyl (C=O) groups excluding carboxylic acids is 2. The summed E-state index contributed by atoms with van der Waals surface area (Å²) >= 11 is 0. The number of aromatic nitrogens is 1. The number of alkyl halides is 3. The molecule has 1 atom stereocenters. The zero-order valence-electron chi connectivity index (χ0n) is 24.9. The maximum absolute atomic E-state index is 13.9. The summed E-state index contributed by atoms with van der Waals surface area (Å²) in [6.07, 6.45) is 0.0294. The Kier molecular flexibility index (Phi) is 11.6. The summed E-state index contributed by atoms with van der Waals surface area (Å²) in [4.78, 5) is 37.3. The summed E-state index contributed by atoms with van der Waals surface area (Å²) in [6, 6.07) is 17.0. The van der Waals surface area contributed by atoms with Crippen LogP contribution in [0.15, 0.2) is 79.0 Å². The number of benzene rings is 2. The normalized spacial score (nSPS) is 14.8. The highest BCUT2D eigenvalue weighted by Gasteiger charge is 2.33. The largest absolute Gasteiger partial charge is 0.416 e. The number of hydrogen-bond donors (Lipinski definition) is 0. The number of pyridine rings is 1. The fraction of sp³-hybridized carbons (Fsp3) is 0.364. The average molecular weight is 611 g/mol. The van der Waals surface area contributed by atoms with Crippen LogP contribution in [0.5, 0.6) is 0 Å². The van der Waals surface area contributed by atoms with Gasteiger partial charge in [-0.05, 0) is 41.5 Å². The Morgan fingerprint density at radius 2 is 1.75 bits per heavy atom. The van der Waals surface area contributed by atoms with Crippen LogP contribution in [0.25, 0.3) is 17.3 Å². The van der Waals surface area contributed by atoms with Crippen molar-refractivity contribution in [2.75, 3.05) is 60.2 Å². The molecular formula is C33H37F3N4O4. The monoisotopic (exact) mass is 610 g/mol. The van der Waals surface area contributed by atoms with Crippen molar-refractivity contribution >= 4 is 17.9 Å². The predicted octanol–water partition coefficient (Wildman–Crippen LogP) is 4.62. The van der Waals surface area contributed by atoms with Crippen LogP contribution in [0.1, 0.15) is 16.7 Å². The lowest BCUT2D eigenvalue weighted by Gasteiger charge is -2.37. The van der Waals surface area contributed by atoms with Gasteiger partial charge in [-0.2, -0.15) is 13.2 Å². The first-order valence-electron chi connectivity index (χ1n) is 14.4. The van der Waals surface area contributed by atoms with Gasteiger partial charge < -0.3 is 19.3 Å². The molecule has 0 N–H and O–H groups in total. The molecule has 11 heteroatoms. The van der Waals surface area contributed by atoms with Gasteiger partial charge in [-0.1, -0.05) is 42.5 Å². The van der Waals surface area contributed by atoms with Crippen molar-refractivity contribution in [3.63, 3.8) is 0 Å². The van der Waals surface area contributed by atoms with E-state index in [1.807, 2.05) is 42.5 Å². The number of hydrogen-bond acceptors (Lipinski definition) is 6. The Hall–Kier alpha value is -4.06. The summed E-state index contributed by atoms with van der Waals surface area (Å²) in [6.45, 7) is 3.40. The molecule has 1 aromatic heterocycles. The van der Waals surface area contributed by atoms with Crippen LogP contribution in [-0.2, 0) is 31.8 Å². The lowest BCUT2D eigenvalue weighted by Crippen LogP contribution is -2.56. The van der Waals surface area contributed by atoms with Crippen molar-refractivity contribution in [2.24, 2.45) is 0 Å². The molecule has 44 heavy (non-hydrogen) atoms. The predicted molar refractivity (Wildman–Crippen MR) is 161 cm³/mol. The lowest BCUT2D eigenvalue weighted by molar-refractivity contribution is -0.145. The summed E-state index contributed by atoms with van der Waals surface area (Å²) in [5, 5.41) is 0. The molecule has 3 aromatic rings. The second-order valence-corrected chi connectivity index (χ2v) is 10.5. The molecule has 234 valence electrons. The zero-order valence-corrected chi connectivity index (χ0v) is 24.9. The van der Waals surface area contributed by atoms with Gasteiger partial charge in [0, 0.05) is 64.7 Å².